The van der Waals surface area contributed by atoms with Gasteiger partial charge in [-0.2, -0.15) is 0 Å². The van der Waals surface area contributed by atoms with E-state index in [0.29, 0.717) is 0 Å². The third-order valence-electron chi connectivity index (χ3n) is 1.05. The smallest absolute Gasteiger partial charge is 0.164 e. The van der Waals surface area contributed by atoms with Crippen LogP contribution in [-0.2, 0) is 0 Å². The molecule has 0 aliphatic carbocycles. The Bertz CT molecular complexity index is 140. The number of allylic oxidation sites excluding steroid dienone is 1. The van der Waals surface area contributed by atoms with Crippen molar-refractivity contribution in [2.75, 3.05) is 7.05 Å². The van der Waals surface area contributed by atoms with Crippen LogP contribution in [0.5, 0.6) is 0 Å². The fourth-order valence-electron chi connectivity index (χ4n) is 0.621. The van der Waals surface area contributed by atoms with E-state index in [1.807, 2.05) is 0 Å². The fraction of sp³-hybridized carbons (Fsp3) is 0.500. The maximum atomic E-state index is 4.00. The summed E-state index contributed by atoms with van der Waals surface area (Å²) in [5, 5.41) is 0. The molecule has 0 saturated heterocycles. The highest BCUT2D eigenvalue weighted by molar-refractivity contribution is 5.50. The van der Waals surface area contributed by atoms with Crippen molar-refractivity contribution in [1.29, 1.82) is 0 Å². The molecule has 0 N–H and O–H groups in total. The zero-order valence-electron chi connectivity index (χ0n) is 7.75. The van der Waals surface area contributed by atoms with E-state index >= 15 is 0 Å². The van der Waals surface area contributed by atoms with Crippen LogP contribution in [-0.4, -0.2) is 17.8 Å². The second-order valence-electron chi connectivity index (χ2n) is 2.05. The van der Waals surface area contributed by atoms with Gasteiger partial charge in [-0.25, -0.2) is 4.58 Å². The first kappa shape index (κ1) is 12.6. The first-order valence-electron chi connectivity index (χ1n) is 3.86. The highest BCUT2D eigenvalue weighted by Gasteiger charge is 1.82. The first-order chi connectivity index (χ1) is 5.31. The van der Waals surface area contributed by atoms with Crippen LogP contribution in [0.15, 0.2) is 12.3 Å². The van der Waals surface area contributed by atoms with E-state index in [2.05, 4.69) is 56.8 Å². The van der Waals surface area contributed by atoms with Gasteiger partial charge in [-0.15, -0.1) is 12.8 Å². The standard InChI is InChI=1S/C8H16N.C2H2/c1-4-6-8-9(3)7-5-2;1-2/h6-8H,4-5H2,1-3H3;1-2H/q+1;/b8-6-,9-7?;. The van der Waals surface area contributed by atoms with Crippen LogP contribution in [0.25, 0.3) is 0 Å². The molecule has 0 rings (SSSR count). The van der Waals surface area contributed by atoms with Crippen molar-refractivity contribution in [3.05, 3.63) is 12.3 Å². The molecule has 11 heavy (non-hydrogen) atoms. The van der Waals surface area contributed by atoms with Gasteiger partial charge in [-0.3, -0.25) is 0 Å². The third-order valence-corrected chi connectivity index (χ3v) is 1.05. The SMILES string of the molecule is C#C.CCC=[N+](C)/C=C\CC. The molecule has 0 unspecified atom stereocenters. The van der Waals surface area contributed by atoms with Crippen LogP contribution in [0.2, 0.25) is 0 Å². The molecule has 0 amide bonds. The Balaban J connectivity index is 0. The quantitative estimate of drug-likeness (QED) is 0.331. The number of hydrogen-bond donors (Lipinski definition) is 0. The average molecular weight is 152 g/mol. The second kappa shape index (κ2) is 11.7. The summed E-state index contributed by atoms with van der Waals surface area (Å²) in [6, 6.07) is 0. The van der Waals surface area contributed by atoms with Crippen molar-refractivity contribution in [2.45, 2.75) is 26.7 Å². The van der Waals surface area contributed by atoms with E-state index in [0.717, 1.165) is 12.8 Å². The summed E-state index contributed by atoms with van der Waals surface area (Å²) in [5.74, 6) is 0. The zero-order valence-corrected chi connectivity index (χ0v) is 7.75. The maximum absolute atomic E-state index is 4.00. The van der Waals surface area contributed by atoms with Crippen molar-refractivity contribution < 1.29 is 4.58 Å². The van der Waals surface area contributed by atoms with Crippen molar-refractivity contribution in [1.82, 2.24) is 0 Å². The van der Waals surface area contributed by atoms with Gasteiger partial charge in [-0.05, 0) is 12.5 Å². The van der Waals surface area contributed by atoms with Crippen molar-refractivity contribution in [3.63, 3.8) is 0 Å². The molecule has 0 aromatic heterocycles. The molecule has 0 aliphatic heterocycles. The Kier molecular flexibility index (Phi) is 13.5. The van der Waals surface area contributed by atoms with E-state index in [9.17, 15) is 0 Å². The van der Waals surface area contributed by atoms with Gasteiger partial charge >= 0.3 is 0 Å². The molecule has 1 heteroatoms. The van der Waals surface area contributed by atoms with Crippen LogP contribution < -0.4 is 0 Å². The second-order valence-corrected chi connectivity index (χ2v) is 2.05. The number of hydrogen-bond acceptors (Lipinski definition) is 0. The lowest BCUT2D eigenvalue weighted by atomic mass is 10.4. The summed E-state index contributed by atoms with van der Waals surface area (Å²) in [6.45, 7) is 4.27. The van der Waals surface area contributed by atoms with Gasteiger partial charge in [0.2, 0.25) is 0 Å². The molecular formula is C10H18N+. The summed E-state index contributed by atoms with van der Waals surface area (Å²) in [6.07, 6.45) is 16.6. The minimum absolute atomic E-state index is 1.10. The molecule has 0 aliphatic rings. The Labute approximate surface area is 70.4 Å². The Morgan fingerprint density at radius 1 is 1.18 bits per heavy atom. The van der Waals surface area contributed by atoms with Crippen molar-refractivity contribution in [2.24, 2.45) is 0 Å². The largest absolute Gasteiger partial charge is 0.212 e. The average Bonchev–Trinajstić information content (AvgIpc) is 2.05. The molecule has 0 spiro atoms. The predicted octanol–water partition coefficient (Wildman–Crippen LogP) is 2.28. The summed E-state index contributed by atoms with van der Waals surface area (Å²) < 4.78 is 2.09. The molecule has 0 fully saturated rings. The molecule has 0 aromatic rings. The topological polar surface area (TPSA) is 3.01 Å². The maximum Gasteiger partial charge on any atom is 0.164 e. The lowest BCUT2D eigenvalue weighted by Gasteiger charge is -1.82. The van der Waals surface area contributed by atoms with E-state index in [4.69, 9.17) is 0 Å². The third kappa shape index (κ3) is 12.2. The van der Waals surface area contributed by atoms with Crippen molar-refractivity contribution >= 4 is 6.21 Å². The van der Waals surface area contributed by atoms with E-state index in [1.165, 1.54) is 0 Å². The van der Waals surface area contributed by atoms with Gasteiger partial charge in [0.1, 0.15) is 13.3 Å². The molecule has 0 atom stereocenters. The van der Waals surface area contributed by atoms with Gasteiger partial charge in [0.15, 0.2) is 6.20 Å². The summed E-state index contributed by atoms with van der Waals surface area (Å²) >= 11 is 0. The summed E-state index contributed by atoms with van der Waals surface area (Å²) in [4.78, 5) is 0. The summed E-state index contributed by atoms with van der Waals surface area (Å²) in [7, 11) is 2.05. The Morgan fingerprint density at radius 3 is 2.09 bits per heavy atom. The Morgan fingerprint density at radius 2 is 1.73 bits per heavy atom. The van der Waals surface area contributed by atoms with E-state index in [1.54, 1.807) is 0 Å². The normalized spacial score (nSPS) is 10.8. The van der Waals surface area contributed by atoms with Gasteiger partial charge in [-0.1, -0.05) is 13.8 Å². The lowest BCUT2D eigenvalue weighted by molar-refractivity contribution is -0.418. The van der Waals surface area contributed by atoms with E-state index in [-0.39, 0.29) is 0 Å². The zero-order chi connectivity index (χ0) is 9.11. The van der Waals surface area contributed by atoms with Crippen LogP contribution in [0.1, 0.15) is 26.7 Å². The molecule has 1 nitrogen and oxygen atoms in total. The van der Waals surface area contributed by atoms with Gasteiger partial charge in [0.25, 0.3) is 0 Å². The predicted molar refractivity (Wildman–Crippen MR) is 51.9 cm³/mol. The van der Waals surface area contributed by atoms with E-state index < -0.39 is 0 Å². The fourth-order valence-corrected chi connectivity index (χ4v) is 0.621. The Hall–Kier alpha value is -1.03. The van der Waals surface area contributed by atoms with Crippen LogP contribution in [0.3, 0.4) is 0 Å². The minimum atomic E-state index is 1.10. The monoisotopic (exact) mass is 152 g/mol. The number of rotatable bonds is 3. The highest BCUT2D eigenvalue weighted by atomic mass is 14.9. The van der Waals surface area contributed by atoms with Gasteiger partial charge in [0.05, 0.1) is 0 Å². The number of terminal acetylenes is 1. The summed E-state index contributed by atoms with van der Waals surface area (Å²) in [5.41, 5.74) is 0. The van der Waals surface area contributed by atoms with Crippen molar-refractivity contribution in [3.8, 4) is 12.8 Å². The van der Waals surface area contributed by atoms with Crippen LogP contribution in [0.4, 0.5) is 0 Å². The molecule has 0 saturated carbocycles. The minimum Gasteiger partial charge on any atom is -0.212 e. The molecule has 0 heterocycles. The van der Waals surface area contributed by atoms with Crippen LogP contribution >= 0.6 is 0 Å². The molecule has 0 bridgehead atoms. The molecule has 0 aromatic carbocycles. The molecular weight excluding hydrogens is 134 g/mol. The van der Waals surface area contributed by atoms with Gasteiger partial charge in [0, 0.05) is 6.42 Å². The lowest BCUT2D eigenvalue weighted by Crippen LogP contribution is -1.95. The van der Waals surface area contributed by atoms with Gasteiger partial charge < -0.3 is 0 Å². The first-order valence-corrected chi connectivity index (χ1v) is 3.86. The molecule has 0 radical (unpaired) electrons. The highest BCUT2D eigenvalue weighted by Crippen LogP contribution is 1.79. The number of nitrogens with zero attached hydrogens (tertiary/aromatic N) is 1. The molecule has 62 valence electrons. The van der Waals surface area contributed by atoms with Crippen LogP contribution in [0, 0.1) is 12.8 Å².